The average molecular weight is 425 g/mol. The van der Waals surface area contributed by atoms with E-state index in [0.29, 0.717) is 0 Å². The second-order valence-electron chi connectivity index (χ2n) is 3.17. The van der Waals surface area contributed by atoms with E-state index >= 15 is 0 Å². The summed E-state index contributed by atoms with van der Waals surface area (Å²) < 4.78 is 7.21. The summed E-state index contributed by atoms with van der Waals surface area (Å²) in [5.41, 5.74) is 1.33. The second-order valence-corrected chi connectivity index (χ2v) is 5.11. The smallest absolute Gasteiger partial charge is 0.258 e. The molecule has 0 fully saturated rings. The Labute approximate surface area is 116 Å². The fourth-order valence-corrected chi connectivity index (χ4v) is 2.93. The van der Waals surface area contributed by atoms with Gasteiger partial charge in [0.05, 0.1) is 0 Å². The number of aromatic nitrogens is 1. The molecule has 4 heteroatoms. The van der Waals surface area contributed by atoms with E-state index in [1.165, 1.54) is 5.56 Å². The zero-order valence-corrected chi connectivity index (χ0v) is 12.2. The Kier molecular flexibility index (Phi) is 4.01. The van der Waals surface area contributed by atoms with E-state index in [1.54, 1.807) is 0 Å². The van der Waals surface area contributed by atoms with Crippen LogP contribution in [0.25, 0.3) is 0 Å². The predicted octanol–water partition coefficient (Wildman–Crippen LogP) is 3.67. The molecule has 2 aromatic rings. The predicted molar refractivity (Wildman–Crippen MR) is 75.8 cm³/mol. The van der Waals surface area contributed by atoms with Crippen molar-refractivity contribution in [1.82, 2.24) is 4.98 Å². The topological polar surface area (TPSA) is 26.0 Å². The van der Waals surface area contributed by atoms with Crippen LogP contribution in [0, 0.1) is 7.60 Å². The van der Waals surface area contributed by atoms with E-state index < -0.39 is 0 Å². The first-order valence-corrected chi connectivity index (χ1v) is 6.76. The Morgan fingerprint density at radius 1 is 1.07 bits per heavy atom. The molecule has 1 aromatic carbocycles. The van der Waals surface area contributed by atoms with Crippen molar-refractivity contribution in [1.29, 1.82) is 0 Å². The van der Waals surface area contributed by atoms with Gasteiger partial charge in [0.15, 0.2) is 0 Å². The molecule has 2 rings (SSSR count). The van der Waals surface area contributed by atoms with Crippen LogP contribution in [-0.2, 0) is 12.8 Å². The minimum Gasteiger partial charge on any atom is -0.436 e. The second kappa shape index (κ2) is 5.29. The standard InChI is InChI=1S/C11H9I2NO/c12-10-9(15-11(13)14-10)7-6-8-4-2-1-3-5-8/h1-5H,6-7H2. The molecule has 0 amide bonds. The maximum atomic E-state index is 5.50. The van der Waals surface area contributed by atoms with Gasteiger partial charge in [0.25, 0.3) is 3.90 Å². The summed E-state index contributed by atoms with van der Waals surface area (Å²) in [4.78, 5) is 4.23. The lowest BCUT2D eigenvalue weighted by Crippen LogP contribution is -1.91. The third-order valence-corrected chi connectivity index (χ3v) is 3.41. The van der Waals surface area contributed by atoms with Gasteiger partial charge in [-0.05, 0) is 34.6 Å². The molecule has 0 saturated carbocycles. The number of rotatable bonds is 3. The molecule has 2 nitrogen and oxygen atoms in total. The summed E-state index contributed by atoms with van der Waals surface area (Å²) in [6.07, 6.45) is 1.92. The number of nitrogens with zero attached hydrogens (tertiary/aromatic N) is 1. The van der Waals surface area contributed by atoms with Crippen molar-refractivity contribution in [2.45, 2.75) is 12.8 Å². The lowest BCUT2D eigenvalue weighted by Gasteiger charge is -1.98. The van der Waals surface area contributed by atoms with Gasteiger partial charge in [0.1, 0.15) is 9.46 Å². The lowest BCUT2D eigenvalue weighted by molar-refractivity contribution is 0.475. The van der Waals surface area contributed by atoms with Gasteiger partial charge in [-0.15, -0.1) is 0 Å². The summed E-state index contributed by atoms with van der Waals surface area (Å²) in [5, 5.41) is 0. The van der Waals surface area contributed by atoms with Crippen LogP contribution in [0.15, 0.2) is 34.7 Å². The Morgan fingerprint density at radius 2 is 1.80 bits per heavy atom. The third kappa shape index (κ3) is 3.17. The van der Waals surface area contributed by atoms with Crippen LogP contribution in [0.2, 0.25) is 0 Å². The van der Waals surface area contributed by atoms with Crippen LogP contribution in [0.5, 0.6) is 0 Å². The summed E-state index contributed by atoms with van der Waals surface area (Å²) in [5.74, 6) is 0.990. The van der Waals surface area contributed by atoms with Crippen LogP contribution in [0.3, 0.4) is 0 Å². The van der Waals surface area contributed by atoms with Crippen LogP contribution < -0.4 is 0 Å². The molecule has 0 unspecified atom stereocenters. The zero-order chi connectivity index (χ0) is 10.7. The third-order valence-electron chi connectivity index (χ3n) is 2.11. The van der Waals surface area contributed by atoms with E-state index in [-0.39, 0.29) is 0 Å². The van der Waals surface area contributed by atoms with Gasteiger partial charge >= 0.3 is 0 Å². The maximum Gasteiger partial charge on any atom is 0.258 e. The van der Waals surface area contributed by atoms with E-state index in [0.717, 1.165) is 26.2 Å². The summed E-state index contributed by atoms with van der Waals surface area (Å²) in [6, 6.07) is 10.4. The fourth-order valence-electron chi connectivity index (χ4n) is 1.36. The van der Waals surface area contributed by atoms with Crippen LogP contribution in [0.1, 0.15) is 11.3 Å². The van der Waals surface area contributed by atoms with Crippen molar-refractivity contribution in [2.24, 2.45) is 0 Å². The van der Waals surface area contributed by atoms with E-state index in [2.05, 4.69) is 74.4 Å². The maximum absolute atomic E-state index is 5.50. The van der Waals surface area contributed by atoms with Crippen molar-refractivity contribution in [3.05, 3.63) is 49.3 Å². The van der Waals surface area contributed by atoms with Gasteiger partial charge in [-0.2, -0.15) is 4.98 Å². The molecule has 78 valence electrons. The van der Waals surface area contributed by atoms with Crippen molar-refractivity contribution < 1.29 is 4.42 Å². The van der Waals surface area contributed by atoms with Gasteiger partial charge < -0.3 is 4.42 Å². The van der Waals surface area contributed by atoms with Crippen molar-refractivity contribution in [3.63, 3.8) is 0 Å². The van der Waals surface area contributed by atoms with Gasteiger partial charge in [-0.25, -0.2) is 0 Å². The van der Waals surface area contributed by atoms with Gasteiger partial charge in [-0.3, -0.25) is 0 Å². The molecule has 0 aliphatic rings. The number of aryl methyl sites for hydroxylation is 2. The molecule has 0 spiro atoms. The highest BCUT2D eigenvalue weighted by Gasteiger charge is 2.08. The first-order valence-electron chi connectivity index (χ1n) is 4.60. The molecule has 0 radical (unpaired) electrons. The van der Waals surface area contributed by atoms with Crippen molar-refractivity contribution >= 4 is 45.2 Å². The fraction of sp³-hybridized carbons (Fsp3) is 0.182. The highest BCUT2D eigenvalue weighted by Crippen LogP contribution is 2.17. The Balaban J connectivity index is 2.02. The summed E-state index contributed by atoms with van der Waals surface area (Å²) in [6.45, 7) is 0. The summed E-state index contributed by atoms with van der Waals surface area (Å²) >= 11 is 4.31. The van der Waals surface area contributed by atoms with Gasteiger partial charge in [0.2, 0.25) is 0 Å². The molecule has 0 saturated heterocycles. The SMILES string of the molecule is Ic1nc(I)c(CCc2ccccc2)o1. The molecule has 0 N–H and O–H groups in total. The molecule has 0 bridgehead atoms. The minimum absolute atomic E-state index is 0.722. The van der Waals surface area contributed by atoms with Gasteiger partial charge in [0, 0.05) is 29.0 Å². The van der Waals surface area contributed by atoms with E-state index in [9.17, 15) is 0 Å². The van der Waals surface area contributed by atoms with E-state index in [1.807, 2.05) is 6.07 Å². The number of benzene rings is 1. The van der Waals surface area contributed by atoms with Crippen molar-refractivity contribution in [3.8, 4) is 0 Å². The average Bonchev–Trinajstić information content (AvgIpc) is 2.56. The molecule has 1 aromatic heterocycles. The highest BCUT2D eigenvalue weighted by molar-refractivity contribution is 14.1. The number of oxazole rings is 1. The normalized spacial score (nSPS) is 10.5. The first-order chi connectivity index (χ1) is 7.25. The molecule has 1 heterocycles. The molecule has 0 aliphatic heterocycles. The number of halogens is 2. The Morgan fingerprint density at radius 3 is 2.40 bits per heavy atom. The minimum atomic E-state index is 0.722. The zero-order valence-electron chi connectivity index (χ0n) is 7.91. The number of hydrogen-bond donors (Lipinski definition) is 0. The highest BCUT2D eigenvalue weighted by atomic mass is 127. The van der Waals surface area contributed by atoms with Crippen molar-refractivity contribution in [2.75, 3.05) is 0 Å². The molecule has 15 heavy (non-hydrogen) atoms. The largest absolute Gasteiger partial charge is 0.436 e. The molecular weight excluding hydrogens is 416 g/mol. The Bertz CT molecular complexity index is 439. The van der Waals surface area contributed by atoms with Gasteiger partial charge in [-0.1, -0.05) is 30.3 Å². The molecular formula is C11H9I2NO. The molecule has 0 aliphatic carbocycles. The van der Waals surface area contributed by atoms with Crippen LogP contribution >= 0.6 is 45.2 Å². The lowest BCUT2D eigenvalue weighted by atomic mass is 10.1. The monoisotopic (exact) mass is 425 g/mol. The molecule has 0 atom stereocenters. The van der Waals surface area contributed by atoms with Crippen LogP contribution in [0.4, 0.5) is 0 Å². The first kappa shape index (κ1) is 11.4. The van der Waals surface area contributed by atoms with E-state index in [4.69, 9.17) is 4.42 Å². The number of hydrogen-bond acceptors (Lipinski definition) is 2. The Hall–Kier alpha value is -0.110. The van der Waals surface area contributed by atoms with Crippen LogP contribution in [-0.4, -0.2) is 4.98 Å². The summed E-state index contributed by atoms with van der Waals surface area (Å²) in [7, 11) is 0. The quantitative estimate of drug-likeness (QED) is 0.702.